The van der Waals surface area contributed by atoms with E-state index in [1.807, 2.05) is 30.3 Å². The molecule has 0 unspecified atom stereocenters. The van der Waals surface area contributed by atoms with Crippen LogP contribution in [0.1, 0.15) is 12.0 Å². The molecule has 0 aliphatic carbocycles. The molecule has 1 aromatic rings. The Morgan fingerprint density at radius 2 is 1.87 bits per heavy atom. The van der Waals surface area contributed by atoms with Crippen LogP contribution in [-0.2, 0) is 25.7 Å². The zero-order chi connectivity index (χ0) is 16.9. The summed E-state index contributed by atoms with van der Waals surface area (Å²) in [7, 11) is 3.01. The lowest BCUT2D eigenvalue weighted by Crippen LogP contribution is -2.35. The summed E-state index contributed by atoms with van der Waals surface area (Å²) in [4.78, 5) is 34.4. The van der Waals surface area contributed by atoms with Gasteiger partial charge in [-0.05, 0) is 5.56 Å². The molecule has 0 saturated carbocycles. The highest BCUT2D eigenvalue weighted by molar-refractivity contribution is 8.76. The monoisotopic (exact) mass is 357 g/mol. The summed E-state index contributed by atoms with van der Waals surface area (Å²) in [5.74, 6) is 0.0199. The number of benzene rings is 1. The van der Waals surface area contributed by atoms with Crippen molar-refractivity contribution in [2.75, 3.05) is 24.7 Å². The summed E-state index contributed by atoms with van der Waals surface area (Å²) in [6.45, 7) is 0.728. The van der Waals surface area contributed by atoms with Crippen LogP contribution in [-0.4, -0.2) is 53.0 Å². The molecule has 126 valence electrons. The zero-order valence-electron chi connectivity index (χ0n) is 12.6. The van der Waals surface area contributed by atoms with E-state index < -0.39 is 5.97 Å². The third-order valence-electron chi connectivity index (χ3n) is 2.73. The van der Waals surface area contributed by atoms with Gasteiger partial charge in [-0.1, -0.05) is 51.9 Å². The van der Waals surface area contributed by atoms with Crippen LogP contribution in [0.15, 0.2) is 30.3 Å². The fourth-order valence-electron chi connectivity index (χ4n) is 1.73. The maximum absolute atomic E-state index is 12.2. The number of hydrogen-bond donors (Lipinski definition) is 1. The number of nitrogens with zero attached hydrogens (tertiary/aromatic N) is 1. The fraction of sp³-hybridized carbons (Fsp3) is 0.400. The standard InChI is InChI=1S/C15H19NO5S2/c17-12-21-7-9-23-22-8-6-14(18)16(11-15(19)20)10-13-4-2-1-3-5-13/h1-5,12H,6-11H2,(H,19,20). The number of carbonyl (C=O) groups is 3. The second-order valence-electron chi connectivity index (χ2n) is 4.49. The number of aliphatic carboxylic acids is 1. The van der Waals surface area contributed by atoms with E-state index in [1.165, 1.54) is 26.5 Å². The van der Waals surface area contributed by atoms with Gasteiger partial charge >= 0.3 is 5.97 Å². The normalized spacial score (nSPS) is 10.1. The molecule has 0 aliphatic heterocycles. The summed E-state index contributed by atoms with van der Waals surface area (Å²) in [5, 5.41) is 8.96. The maximum Gasteiger partial charge on any atom is 0.323 e. The predicted molar refractivity (Wildman–Crippen MR) is 91.0 cm³/mol. The maximum atomic E-state index is 12.2. The van der Waals surface area contributed by atoms with E-state index in [1.54, 1.807) is 0 Å². The molecular weight excluding hydrogens is 338 g/mol. The highest BCUT2D eigenvalue weighted by Crippen LogP contribution is 2.22. The predicted octanol–water partition coefficient (Wildman–Crippen LogP) is 2.04. The van der Waals surface area contributed by atoms with Crippen LogP contribution in [0.2, 0.25) is 0 Å². The molecule has 6 nitrogen and oxygen atoms in total. The molecule has 0 saturated heterocycles. The molecule has 8 heteroatoms. The quantitative estimate of drug-likeness (QED) is 0.348. The van der Waals surface area contributed by atoms with Crippen LogP contribution in [0.25, 0.3) is 0 Å². The van der Waals surface area contributed by atoms with Crippen molar-refractivity contribution in [1.29, 1.82) is 0 Å². The van der Waals surface area contributed by atoms with Gasteiger partial charge < -0.3 is 14.7 Å². The molecule has 23 heavy (non-hydrogen) atoms. The largest absolute Gasteiger partial charge is 0.480 e. The second kappa shape index (κ2) is 11.8. The number of rotatable bonds is 12. The molecule has 1 aromatic carbocycles. The fourth-order valence-corrected chi connectivity index (χ4v) is 3.55. The third-order valence-corrected chi connectivity index (χ3v) is 5.10. The molecule has 0 fully saturated rings. The van der Waals surface area contributed by atoms with Crippen molar-refractivity contribution in [1.82, 2.24) is 4.90 Å². The molecule has 1 N–H and O–H groups in total. The van der Waals surface area contributed by atoms with Crippen LogP contribution in [0.4, 0.5) is 0 Å². The van der Waals surface area contributed by atoms with E-state index in [-0.39, 0.29) is 25.4 Å². The van der Waals surface area contributed by atoms with Gasteiger partial charge in [0.15, 0.2) is 0 Å². The number of ether oxygens (including phenoxy) is 1. The Morgan fingerprint density at radius 1 is 1.17 bits per heavy atom. The second-order valence-corrected chi connectivity index (χ2v) is 7.19. The molecular formula is C15H19NO5S2. The van der Waals surface area contributed by atoms with Gasteiger partial charge in [0, 0.05) is 24.5 Å². The number of carboxylic acid groups (broad SMARTS) is 1. The molecule has 1 amide bonds. The lowest BCUT2D eigenvalue weighted by molar-refractivity contribution is -0.144. The van der Waals surface area contributed by atoms with Crippen molar-refractivity contribution in [2.24, 2.45) is 0 Å². The third kappa shape index (κ3) is 9.14. The van der Waals surface area contributed by atoms with Crippen LogP contribution < -0.4 is 0 Å². The van der Waals surface area contributed by atoms with E-state index in [4.69, 9.17) is 5.11 Å². The average molecular weight is 357 g/mol. The van der Waals surface area contributed by atoms with E-state index in [0.717, 1.165) is 5.56 Å². The van der Waals surface area contributed by atoms with Crippen molar-refractivity contribution in [3.05, 3.63) is 35.9 Å². The number of carbonyl (C=O) groups excluding carboxylic acids is 2. The Morgan fingerprint density at radius 3 is 2.52 bits per heavy atom. The lowest BCUT2D eigenvalue weighted by atomic mass is 10.2. The molecule has 0 bridgehead atoms. The van der Waals surface area contributed by atoms with Crippen molar-refractivity contribution in [3.8, 4) is 0 Å². The molecule has 0 atom stereocenters. The summed E-state index contributed by atoms with van der Waals surface area (Å²) >= 11 is 0. The van der Waals surface area contributed by atoms with Crippen LogP contribution in [0.5, 0.6) is 0 Å². The Kier molecular flexibility index (Phi) is 9.97. The van der Waals surface area contributed by atoms with Gasteiger partial charge in [-0.2, -0.15) is 0 Å². The molecule has 1 rings (SSSR count). The Balaban J connectivity index is 2.37. The van der Waals surface area contributed by atoms with Crippen molar-refractivity contribution >= 4 is 39.9 Å². The van der Waals surface area contributed by atoms with Gasteiger partial charge in [0.1, 0.15) is 13.2 Å². The zero-order valence-corrected chi connectivity index (χ0v) is 14.2. The smallest absolute Gasteiger partial charge is 0.323 e. The number of carboxylic acids is 1. The minimum atomic E-state index is -1.03. The van der Waals surface area contributed by atoms with Gasteiger partial charge in [0.25, 0.3) is 6.47 Å². The summed E-state index contributed by atoms with van der Waals surface area (Å²) in [6, 6.07) is 9.30. The molecule has 0 aromatic heterocycles. The average Bonchev–Trinajstić information content (AvgIpc) is 2.54. The summed E-state index contributed by atoms with van der Waals surface area (Å²) in [6.07, 6.45) is 0.270. The minimum Gasteiger partial charge on any atom is -0.480 e. The highest BCUT2D eigenvalue weighted by atomic mass is 33.1. The number of hydrogen-bond acceptors (Lipinski definition) is 6. The first kappa shape index (κ1) is 19.4. The lowest BCUT2D eigenvalue weighted by Gasteiger charge is -2.20. The molecule has 0 aliphatic rings. The SMILES string of the molecule is O=COCCSSCCC(=O)N(CC(=O)O)Cc1ccccc1. The van der Waals surface area contributed by atoms with Crippen molar-refractivity contribution < 1.29 is 24.2 Å². The number of amides is 1. The van der Waals surface area contributed by atoms with Gasteiger partial charge in [-0.25, -0.2) is 0 Å². The van der Waals surface area contributed by atoms with E-state index in [0.29, 0.717) is 24.6 Å². The first-order valence-corrected chi connectivity index (χ1v) is 9.45. The molecule has 0 radical (unpaired) electrons. The Labute approximate surface area is 143 Å². The van der Waals surface area contributed by atoms with Gasteiger partial charge in [0.05, 0.1) is 0 Å². The summed E-state index contributed by atoms with van der Waals surface area (Å²) < 4.78 is 4.55. The highest BCUT2D eigenvalue weighted by Gasteiger charge is 2.16. The van der Waals surface area contributed by atoms with Gasteiger partial charge in [0.2, 0.25) is 5.91 Å². The van der Waals surface area contributed by atoms with Crippen molar-refractivity contribution in [2.45, 2.75) is 13.0 Å². The van der Waals surface area contributed by atoms with Gasteiger partial charge in [-0.3, -0.25) is 14.4 Å². The van der Waals surface area contributed by atoms with E-state index in [2.05, 4.69) is 4.74 Å². The minimum absolute atomic E-state index is 0.187. The first-order chi connectivity index (χ1) is 11.1. The van der Waals surface area contributed by atoms with Crippen LogP contribution in [0.3, 0.4) is 0 Å². The van der Waals surface area contributed by atoms with Crippen LogP contribution >= 0.6 is 21.6 Å². The molecule has 0 heterocycles. The Hall–Kier alpha value is -1.67. The molecule has 0 spiro atoms. The first-order valence-electron chi connectivity index (χ1n) is 6.96. The van der Waals surface area contributed by atoms with Gasteiger partial charge in [-0.15, -0.1) is 0 Å². The summed E-state index contributed by atoms with van der Waals surface area (Å²) in [5.41, 5.74) is 0.898. The van der Waals surface area contributed by atoms with E-state index >= 15 is 0 Å². The van der Waals surface area contributed by atoms with Crippen molar-refractivity contribution in [3.63, 3.8) is 0 Å². The van der Waals surface area contributed by atoms with Crippen LogP contribution in [0, 0.1) is 0 Å². The topological polar surface area (TPSA) is 83.9 Å². The van der Waals surface area contributed by atoms with E-state index in [9.17, 15) is 14.4 Å². The Bertz CT molecular complexity index is 498.